The molecule has 1 atom stereocenters. The van der Waals surface area contributed by atoms with Crippen molar-refractivity contribution in [1.82, 2.24) is 0 Å². The Morgan fingerprint density at radius 2 is 0.513 bits per heavy atom. The molecule has 0 saturated heterocycles. The Kier molecular flexibility index (Phi) is 60.8. The highest BCUT2D eigenvalue weighted by Gasteiger charge is 2.19. The van der Waals surface area contributed by atoms with E-state index in [1.54, 1.807) is 0 Å². The van der Waals surface area contributed by atoms with Gasteiger partial charge in [-0.2, -0.15) is 0 Å². The van der Waals surface area contributed by atoms with Gasteiger partial charge in [0.05, 0.1) is 0 Å². The van der Waals surface area contributed by atoms with Gasteiger partial charge >= 0.3 is 17.9 Å². The van der Waals surface area contributed by atoms with E-state index in [9.17, 15) is 14.4 Å². The van der Waals surface area contributed by atoms with Crippen LogP contribution in [0.4, 0.5) is 0 Å². The fourth-order valence-electron chi connectivity index (χ4n) is 8.97. The standard InChI is InChI=1S/C70H120O6/c1-4-7-10-13-16-19-22-25-28-31-34-35-37-39-42-45-48-51-54-57-60-63-69(72)75-66-67(65-74-68(71)62-59-56-53-50-47-44-41-38-33-30-27-24-21-18-15-12-9-6-3)76-70(73)64-61-58-55-52-49-46-43-40-36-32-29-26-23-20-17-14-11-8-5-2/h8,11,17,20,22,25-26,29-31,33-34,36-37,39-40,67H,4-7,9-10,12-16,18-19,21,23-24,27-28,32,35,38,41-66H2,1-3H3/b11-8-,20-17-,25-22-,29-26-,33-30-,34-31-,39-37-,40-36-. The second kappa shape index (κ2) is 63.9. The number of hydrogen-bond donors (Lipinski definition) is 0. The van der Waals surface area contributed by atoms with Crippen LogP contribution in [-0.2, 0) is 28.6 Å². The monoisotopic (exact) mass is 1060 g/mol. The summed E-state index contributed by atoms with van der Waals surface area (Å²) >= 11 is 0. The molecule has 0 N–H and O–H groups in total. The lowest BCUT2D eigenvalue weighted by atomic mass is 10.1. The molecule has 0 saturated carbocycles. The van der Waals surface area contributed by atoms with E-state index in [2.05, 4.69) is 118 Å². The second-order valence-corrected chi connectivity index (χ2v) is 21.3. The number of ether oxygens (including phenoxy) is 3. The number of unbranched alkanes of at least 4 members (excludes halogenated alkanes) is 31. The molecule has 0 aromatic heterocycles. The van der Waals surface area contributed by atoms with Crippen molar-refractivity contribution in [3.63, 3.8) is 0 Å². The quantitative estimate of drug-likeness (QED) is 0.0261. The van der Waals surface area contributed by atoms with Gasteiger partial charge in [-0.25, -0.2) is 0 Å². The number of rotatable bonds is 58. The minimum absolute atomic E-state index is 0.0898. The van der Waals surface area contributed by atoms with Crippen LogP contribution in [0, 0.1) is 0 Å². The average molecular weight is 1060 g/mol. The lowest BCUT2D eigenvalue weighted by molar-refractivity contribution is -0.167. The van der Waals surface area contributed by atoms with Crippen LogP contribution in [0.1, 0.15) is 310 Å². The summed E-state index contributed by atoms with van der Waals surface area (Å²) in [6.45, 7) is 6.51. The normalized spacial score (nSPS) is 12.7. The minimum Gasteiger partial charge on any atom is -0.462 e. The summed E-state index contributed by atoms with van der Waals surface area (Å²) < 4.78 is 16.9. The van der Waals surface area contributed by atoms with E-state index in [0.29, 0.717) is 19.3 Å². The number of allylic oxidation sites excluding steroid dienone is 16. The Labute approximate surface area is 470 Å². The van der Waals surface area contributed by atoms with Gasteiger partial charge in [0.1, 0.15) is 13.2 Å². The van der Waals surface area contributed by atoms with E-state index in [4.69, 9.17) is 14.2 Å². The maximum atomic E-state index is 12.9. The third-order valence-electron chi connectivity index (χ3n) is 13.8. The molecule has 0 aromatic carbocycles. The smallest absolute Gasteiger partial charge is 0.306 e. The molecule has 0 spiro atoms. The van der Waals surface area contributed by atoms with Gasteiger partial charge < -0.3 is 14.2 Å². The predicted molar refractivity (Wildman–Crippen MR) is 330 cm³/mol. The molecular weight excluding hydrogens is 937 g/mol. The summed E-state index contributed by atoms with van der Waals surface area (Å²) in [5.74, 6) is -0.911. The molecular formula is C70H120O6. The van der Waals surface area contributed by atoms with Crippen LogP contribution in [-0.4, -0.2) is 37.2 Å². The molecule has 6 heteroatoms. The van der Waals surface area contributed by atoms with Gasteiger partial charge in [0.25, 0.3) is 0 Å². The van der Waals surface area contributed by atoms with E-state index in [1.807, 2.05) is 0 Å². The van der Waals surface area contributed by atoms with Crippen LogP contribution in [0.25, 0.3) is 0 Å². The lowest BCUT2D eigenvalue weighted by Crippen LogP contribution is -2.30. The third-order valence-corrected chi connectivity index (χ3v) is 13.8. The summed E-state index contributed by atoms with van der Waals surface area (Å²) in [6.07, 6.45) is 85.4. The molecule has 0 radical (unpaired) electrons. The zero-order valence-electron chi connectivity index (χ0n) is 50.0. The van der Waals surface area contributed by atoms with Crippen molar-refractivity contribution < 1.29 is 28.6 Å². The highest BCUT2D eigenvalue weighted by Crippen LogP contribution is 2.15. The Hall–Kier alpha value is -3.67. The SMILES string of the molecule is CC/C=C\C/C=C\C/C=C\C/C=C\CCCCCCCCC(=O)OC(COC(=O)CCCCCCCC/C=C\C/C=C\C/C=C\CCCCCCC)COC(=O)CCCCCCCCC/C=C\CCCCCCCCC. The fourth-order valence-corrected chi connectivity index (χ4v) is 8.97. The number of carbonyl (C=O) groups excluding carboxylic acids is 3. The first kappa shape index (κ1) is 72.3. The summed E-state index contributed by atoms with van der Waals surface area (Å²) in [5, 5.41) is 0. The topological polar surface area (TPSA) is 78.9 Å². The molecule has 436 valence electrons. The Morgan fingerprint density at radius 3 is 0.816 bits per heavy atom. The molecule has 0 fully saturated rings. The third kappa shape index (κ3) is 61.2. The predicted octanol–water partition coefficient (Wildman–Crippen LogP) is 22.0. The highest BCUT2D eigenvalue weighted by molar-refractivity contribution is 5.71. The second-order valence-electron chi connectivity index (χ2n) is 21.3. The van der Waals surface area contributed by atoms with Crippen LogP contribution >= 0.6 is 0 Å². The van der Waals surface area contributed by atoms with E-state index in [-0.39, 0.29) is 31.1 Å². The first-order valence-electron chi connectivity index (χ1n) is 32.2. The summed E-state index contributed by atoms with van der Waals surface area (Å²) in [5.41, 5.74) is 0. The number of carbonyl (C=O) groups is 3. The van der Waals surface area contributed by atoms with Crippen molar-refractivity contribution in [3.8, 4) is 0 Å². The van der Waals surface area contributed by atoms with Crippen LogP contribution in [0.2, 0.25) is 0 Å². The van der Waals surface area contributed by atoms with Gasteiger partial charge in [0, 0.05) is 19.3 Å². The van der Waals surface area contributed by atoms with Gasteiger partial charge in [0.2, 0.25) is 0 Å². The van der Waals surface area contributed by atoms with Crippen molar-refractivity contribution in [2.24, 2.45) is 0 Å². The Bertz CT molecular complexity index is 1490. The number of hydrogen-bond acceptors (Lipinski definition) is 6. The maximum Gasteiger partial charge on any atom is 0.306 e. The molecule has 0 amide bonds. The number of esters is 3. The fraction of sp³-hybridized carbons (Fsp3) is 0.729. The molecule has 0 heterocycles. The van der Waals surface area contributed by atoms with Crippen molar-refractivity contribution in [2.75, 3.05) is 13.2 Å². The Morgan fingerprint density at radius 1 is 0.276 bits per heavy atom. The molecule has 1 unspecified atom stereocenters. The molecule has 0 bridgehead atoms. The van der Waals surface area contributed by atoms with Gasteiger partial charge in [-0.15, -0.1) is 0 Å². The zero-order chi connectivity index (χ0) is 55.0. The van der Waals surface area contributed by atoms with E-state index in [0.717, 1.165) is 116 Å². The van der Waals surface area contributed by atoms with Gasteiger partial charge in [-0.05, 0) is 122 Å². The van der Waals surface area contributed by atoms with E-state index in [1.165, 1.54) is 154 Å². The van der Waals surface area contributed by atoms with Crippen molar-refractivity contribution in [2.45, 2.75) is 316 Å². The Balaban J connectivity index is 4.44. The van der Waals surface area contributed by atoms with Crippen LogP contribution in [0.3, 0.4) is 0 Å². The molecule has 0 aliphatic rings. The van der Waals surface area contributed by atoms with Crippen LogP contribution in [0.15, 0.2) is 97.2 Å². The zero-order valence-corrected chi connectivity index (χ0v) is 50.0. The largest absolute Gasteiger partial charge is 0.462 e. The van der Waals surface area contributed by atoms with E-state index >= 15 is 0 Å². The summed E-state index contributed by atoms with van der Waals surface area (Å²) in [6, 6.07) is 0. The molecule has 0 aliphatic carbocycles. The molecule has 0 aromatic rings. The molecule has 0 aliphatic heterocycles. The van der Waals surface area contributed by atoms with Crippen molar-refractivity contribution in [3.05, 3.63) is 97.2 Å². The van der Waals surface area contributed by atoms with Crippen LogP contribution < -0.4 is 0 Å². The molecule has 0 rings (SSSR count). The first-order valence-corrected chi connectivity index (χ1v) is 32.2. The molecule has 6 nitrogen and oxygen atoms in total. The summed E-state index contributed by atoms with van der Waals surface area (Å²) in [4.78, 5) is 38.4. The van der Waals surface area contributed by atoms with Crippen LogP contribution in [0.5, 0.6) is 0 Å². The van der Waals surface area contributed by atoms with E-state index < -0.39 is 6.10 Å². The first-order chi connectivity index (χ1) is 37.5. The lowest BCUT2D eigenvalue weighted by Gasteiger charge is -2.18. The molecule has 76 heavy (non-hydrogen) atoms. The maximum absolute atomic E-state index is 12.9. The van der Waals surface area contributed by atoms with Gasteiger partial charge in [-0.3, -0.25) is 14.4 Å². The minimum atomic E-state index is -0.795. The average Bonchev–Trinajstić information content (AvgIpc) is 3.42. The summed E-state index contributed by atoms with van der Waals surface area (Å²) in [7, 11) is 0. The van der Waals surface area contributed by atoms with Crippen molar-refractivity contribution in [1.29, 1.82) is 0 Å². The van der Waals surface area contributed by atoms with Gasteiger partial charge in [0.15, 0.2) is 6.10 Å². The van der Waals surface area contributed by atoms with Gasteiger partial charge in [-0.1, -0.05) is 266 Å². The highest BCUT2D eigenvalue weighted by atomic mass is 16.6. The van der Waals surface area contributed by atoms with Crippen molar-refractivity contribution >= 4 is 17.9 Å².